The molecule has 18 heavy (non-hydrogen) atoms. The van der Waals surface area contributed by atoms with Crippen molar-refractivity contribution in [3.05, 3.63) is 0 Å². The second-order valence-electron chi connectivity index (χ2n) is 5.96. The number of unbranched alkanes of at least 4 members (excludes halogenated alkanes) is 4. The molecule has 1 heterocycles. The predicted octanol–water partition coefficient (Wildman–Crippen LogP) is 3.81. The summed E-state index contributed by atoms with van der Waals surface area (Å²) in [4.78, 5) is 2.62. The van der Waals surface area contributed by atoms with Crippen LogP contribution >= 0.6 is 0 Å². The van der Waals surface area contributed by atoms with Crippen molar-refractivity contribution in [3.63, 3.8) is 0 Å². The van der Waals surface area contributed by atoms with E-state index in [-0.39, 0.29) is 0 Å². The summed E-state index contributed by atoms with van der Waals surface area (Å²) < 4.78 is 0. The molecule has 1 rings (SSSR count). The zero-order valence-electron chi connectivity index (χ0n) is 12.7. The maximum absolute atomic E-state index is 3.68. The third-order valence-electron chi connectivity index (χ3n) is 4.11. The van der Waals surface area contributed by atoms with Gasteiger partial charge >= 0.3 is 0 Å². The Labute approximate surface area is 115 Å². The van der Waals surface area contributed by atoms with Gasteiger partial charge in [0.25, 0.3) is 0 Å². The quantitative estimate of drug-likeness (QED) is 0.596. The van der Waals surface area contributed by atoms with Crippen molar-refractivity contribution in [3.8, 4) is 0 Å². The van der Waals surface area contributed by atoms with Crippen molar-refractivity contribution in [2.45, 2.75) is 77.7 Å². The summed E-state index contributed by atoms with van der Waals surface area (Å²) >= 11 is 0. The summed E-state index contributed by atoms with van der Waals surface area (Å²) in [6, 6.07) is 0.705. The molecule has 1 atom stereocenters. The SMILES string of the molecule is CCCCCCCC(C)NCCN1CCCCC1. The van der Waals surface area contributed by atoms with E-state index < -0.39 is 0 Å². The van der Waals surface area contributed by atoms with Gasteiger partial charge in [0.15, 0.2) is 0 Å². The molecule has 0 amide bonds. The molecule has 0 saturated carbocycles. The highest BCUT2D eigenvalue weighted by molar-refractivity contribution is 4.67. The van der Waals surface area contributed by atoms with E-state index in [0.717, 1.165) is 0 Å². The maximum atomic E-state index is 3.68. The third-order valence-corrected chi connectivity index (χ3v) is 4.11. The summed E-state index contributed by atoms with van der Waals surface area (Å²) in [6.07, 6.45) is 12.6. The molecule has 1 unspecified atom stereocenters. The van der Waals surface area contributed by atoms with Gasteiger partial charge in [-0.25, -0.2) is 0 Å². The van der Waals surface area contributed by atoms with Crippen molar-refractivity contribution < 1.29 is 0 Å². The molecule has 1 aliphatic rings. The minimum atomic E-state index is 0.705. The van der Waals surface area contributed by atoms with Crippen LogP contribution in [0.1, 0.15) is 71.6 Å². The normalized spacial score (nSPS) is 19.0. The Kier molecular flexibility index (Phi) is 9.59. The number of nitrogens with one attached hydrogen (secondary N) is 1. The Morgan fingerprint density at radius 1 is 1.00 bits per heavy atom. The standard InChI is InChI=1S/C16H34N2/c1-3-4-5-6-8-11-16(2)17-12-15-18-13-9-7-10-14-18/h16-17H,3-15H2,1-2H3. The van der Waals surface area contributed by atoms with Crippen LogP contribution in [-0.4, -0.2) is 37.1 Å². The molecule has 0 aliphatic carbocycles. The van der Waals surface area contributed by atoms with E-state index in [1.807, 2.05) is 0 Å². The summed E-state index contributed by atoms with van der Waals surface area (Å²) in [5, 5.41) is 3.68. The highest BCUT2D eigenvalue weighted by atomic mass is 15.1. The lowest BCUT2D eigenvalue weighted by Gasteiger charge is -2.27. The smallest absolute Gasteiger partial charge is 0.0107 e. The van der Waals surface area contributed by atoms with E-state index in [0.29, 0.717) is 6.04 Å². The molecule has 1 fully saturated rings. The zero-order valence-corrected chi connectivity index (χ0v) is 12.7. The first-order valence-corrected chi connectivity index (χ1v) is 8.28. The van der Waals surface area contributed by atoms with E-state index >= 15 is 0 Å². The van der Waals surface area contributed by atoms with Crippen LogP contribution in [0.3, 0.4) is 0 Å². The monoisotopic (exact) mass is 254 g/mol. The first kappa shape index (κ1) is 16.0. The van der Waals surface area contributed by atoms with Crippen LogP contribution in [-0.2, 0) is 0 Å². The summed E-state index contributed by atoms with van der Waals surface area (Å²) in [5.74, 6) is 0. The first-order chi connectivity index (χ1) is 8.83. The highest BCUT2D eigenvalue weighted by Crippen LogP contribution is 2.08. The van der Waals surface area contributed by atoms with Gasteiger partial charge in [-0.3, -0.25) is 0 Å². The molecule has 1 saturated heterocycles. The minimum absolute atomic E-state index is 0.705. The lowest BCUT2D eigenvalue weighted by atomic mass is 10.1. The average Bonchev–Trinajstić information content (AvgIpc) is 2.40. The van der Waals surface area contributed by atoms with Crippen LogP contribution in [0.25, 0.3) is 0 Å². The van der Waals surface area contributed by atoms with Gasteiger partial charge in [0.1, 0.15) is 0 Å². The fourth-order valence-electron chi connectivity index (χ4n) is 2.81. The van der Waals surface area contributed by atoms with E-state index in [1.165, 1.54) is 84.0 Å². The number of piperidine rings is 1. The van der Waals surface area contributed by atoms with Crippen molar-refractivity contribution in [2.75, 3.05) is 26.2 Å². The highest BCUT2D eigenvalue weighted by Gasteiger charge is 2.09. The zero-order chi connectivity index (χ0) is 13.1. The van der Waals surface area contributed by atoms with Gasteiger partial charge in [-0.15, -0.1) is 0 Å². The van der Waals surface area contributed by atoms with E-state index in [1.54, 1.807) is 0 Å². The number of rotatable bonds is 10. The molecule has 0 aromatic carbocycles. The van der Waals surface area contributed by atoms with Crippen molar-refractivity contribution in [2.24, 2.45) is 0 Å². The van der Waals surface area contributed by atoms with Gasteiger partial charge in [0.05, 0.1) is 0 Å². The topological polar surface area (TPSA) is 15.3 Å². The maximum Gasteiger partial charge on any atom is 0.0107 e. The molecule has 0 bridgehead atoms. The number of hydrogen-bond acceptors (Lipinski definition) is 2. The predicted molar refractivity (Wildman–Crippen MR) is 81.1 cm³/mol. The second kappa shape index (κ2) is 10.8. The Bertz CT molecular complexity index is 176. The van der Waals surface area contributed by atoms with Crippen molar-refractivity contribution in [1.29, 1.82) is 0 Å². The summed E-state index contributed by atoms with van der Waals surface area (Å²) in [6.45, 7) is 9.71. The summed E-state index contributed by atoms with van der Waals surface area (Å²) in [7, 11) is 0. The molecule has 0 spiro atoms. The minimum Gasteiger partial charge on any atom is -0.313 e. The van der Waals surface area contributed by atoms with Gasteiger partial charge < -0.3 is 10.2 Å². The average molecular weight is 254 g/mol. The Morgan fingerprint density at radius 3 is 2.44 bits per heavy atom. The van der Waals surface area contributed by atoms with Gasteiger partial charge in [0, 0.05) is 19.1 Å². The fourth-order valence-corrected chi connectivity index (χ4v) is 2.81. The lowest BCUT2D eigenvalue weighted by molar-refractivity contribution is 0.226. The number of nitrogens with zero attached hydrogens (tertiary/aromatic N) is 1. The lowest BCUT2D eigenvalue weighted by Crippen LogP contribution is -2.38. The molecular formula is C16H34N2. The first-order valence-electron chi connectivity index (χ1n) is 8.28. The molecule has 108 valence electrons. The Morgan fingerprint density at radius 2 is 1.72 bits per heavy atom. The van der Waals surface area contributed by atoms with Crippen LogP contribution in [0.5, 0.6) is 0 Å². The largest absolute Gasteiger partial charge is 0.313 e. The van der Waals surface area contributed by atoms with Gasteiger partial charge in [-0.05, 0) is 39.3 Å². The Hall–Kier alpha value is -0.0800. The van der Waals surface area contributed by atoms with E-state index in [9.17, 15) is 0 Å². The van der Waals surface area contributed by atoms with Crippen LogP contribution in [0, 0.1) is 0 Å². The van der Waals surface area contributed by atoms with Gasteiger partial charge in [0.2, 0.25) is 0 Å². The molecule has 2 heteroatoms. The summed E-state index contributed by atoms with van der Waals surface area (Å²) in [5.41, 5.74) is 0. The van der Waals surface area contributed by atoms with Crippen LogP contribution < -0.4 is 5.32 Å². The molecular weight excluding hydrogens is 220 g/mol. The van der Waals surface area contributed by atoms with Crippen LogP contribution in [0.15, 0.2) is 0 Å². The van der Waals surface area contributed by atoms with Crippen molar-refractivity contribution in [1.82, 2.24) is 10.2 Å². The molecule has 0 aromatic heterocycles. The molecule has 1 N–H and O–H groups in total. The van der Waals surface area contributed by atoms with Crippen molar-refractivity contribution >= 4 is 0 Å². The van der Waals surface area contributed by atoms with E-state index in [2.05, 4.69) is 24.1 Å². The van der Waals surface area contributed by atoms with Gasteiger partial charge in [-0.1, -0.05) is 45.4 Å². The number of likely N-dealkylation sites (tertiary alicyclic amines) is 1. The third kappa shape index (κ3) is 8.10. The fraction of sp³-hybridized carbons (Fsp3) is 1.00. The van der Waals surface area contributed by atoms with E-state index in [4.69, 9.17) is 0 Å². The Balaban J connectivity index is 1.88. The van der Waals surface area contributed by atoms with Gasteiger partial charge in [-0.2, -0.15) is 0 Å². The molecule has 0 aromatic rings. The molecule has 0 radical (unpaired) electrons. The van der Waals surface area contributed by atoms with Crippen LogP contribution in [0.2, 0.25) is 0 Å². The second-order valence-corrected chi connectivity index (χ2v) is 5.96. The number of hydrogen-bond donors (Lipinski definition) is 1. The molecule has 1 aliphatic heterocycles. The molecule has 2 nitrogen and oxygen atoms in total. The van der Waals surface area contributed by atoms with Crippen LogP contribution in [0.4, 0.5) is 0 Å².